The molecule has 0 aliphatic heterocycles. The SMILES string of the molecule is CC(C)C(C)(C)C(O[Si](C)(C)C)([SiH2]O[SiH3])/C(C(=O)O)=C(\C(=O)O)C1CCCCC1. The molecular formula is C20H40O6Si3. The molecule has 0 heterocycles. The van der Waals surface area contributed by atoms with Crippen LogP contribution in [0.15, 0.2) is 11.1 Å². The molecule has 1 saturated carbocycles. The van der Waals surface area contributed by atoms with Crippen LogP contribution < -0.4 is 0 Å². The predicted octanol–water partition coefficient (Wildman–Crippen LogP) is 2.64. The Labute approximate surface area is 182 Å². The first-order chi connectivity index (χ1) is 13.2. The average molecular weight is 461 g/mol. The van der Waals surface area contributed by atoms with Crippen molar-refractivity contribution in [2.24, 2.45) is 17.3 Å². The Hall–Kier alpha value is -0.749. The highest BCUT2D eigenvalue weighted by Crippen LogP contribution is 2.49. The third kappa shape index (κ3) is 5.90. The third-order valence-electron chi connectivity index (χ3n) is 6.44. The van der Waals surface area contributed by atoms with Crippen LogP contribution in [0.3, 0.4) is 0 Å². The lowest BCUT2D eigenvalue weighted by atomic mass is 9.70. The molecule has 0 radical (unpaired) electrons. The van der Waals surface area contributed by atoms with Crippen molar-refractivity contribution in [3.63, 3.8) is 0 Å². The molecular weight excluding hydrogens is 420 g/mol. The Morgan fingerprint density at radius 2 is 1.59 bits per heavy atom. The van der Waals surface area contributed by atoms with Crippen LogP contribution in [0.4, 0.5) is 0 Å². The minimum Gasteiger partial charge on any atom is -0.478 e. The molecule has 0 aromatic heterocycles. The molecule has 0 bridgehead atoms. The van der Waals surface area contributed by atoms with Gasteiger partial charge in [-0.2, -0.15) is 0 Å². The van der Waals surface area contributed by atoms with Crippen molar-refractivity contribution in [2.75, 3.05) is 0 Å². The summed E-state index contributed by atoms with van der Waals surface area (Å²) in [5.41, 5.74) is -0.580. The molecule has 0 saturated heterocycles. The average Bonchev–Trinajstić information content (AvgIpc) is 2.57. The minimum atomic E-state index is -2.24. The number of aliphatic carboxylic acids is 2. The van der Waals surface area contributed by atoms with Crippen molar-refractivity contribution in [3.8, 4) is 0 Å². The standard InChI is InChI=1S/C20H40O6Si3/c1-13(2)19(3,4)20(28-26-27,25-29(5,6)7)16(18(23)24)15(17(21)22)14-11-9-8-10-12-14/h13-14H,8-12,28H2,1-7,27H3,(H,21,22)(H,23,24)/b16-15-. The van der Waals surface area contributed by atoms with Crippen LogP contribution in [-0.4, -0.2) is 55.9 Å². The van der Waals surface area contributed by atoms with E-state index in [1.165, 1.54) is 0 Å². The molecule has 29 heavy (non-hydrogen) atoms. The normalized spacial score (nSPS) is 20.1. The van der Waals surface area contributed by atoms with Crippen molar-refractivity contribution < 1.29 is 28.3 Å². The van der Waals surface area contributed by atoms with Gasteiger partial charge in [-0.25, -0.2) is 9.59 Å². The molecule has 0 amide bonds. The maximum Gasteiger partial charge on any atom is 0.334 e. The van der Waals surface area contributed by atoms with E-state index in [4.69, 9.17) is 8.54 Å². The van der Waals surface area contributed by atoms with Gasteiger partial charge in [0.1, 0.15) is 15.7 Å². The van der Waals surface area contributed by atoms with Gasteiger partial charge < -0.3 is 18.8 Å². The first kappa shape index (κ1) is 26.3. The molecule has 1 aliphatic carbocycles. The lowest BCUT2D eigenvalue weighted by Gasteiger charge is -2.52. The van der Waals surface area contributed by atoms with E-state index < -0.39 is 40.7 Å². The van der Waals surface area contributed by atoms with Crippen LogP contribution >= 0.6 is 0 Å². The highest BCUT2D eigenvalue weighted by Gasteiger charge is 2.56. The van der Waals surface area contributed by atoms with Crippen molar-refractivity contribution in [1.82, 2.24) is 0 Å². The molecule has 6 nitrogen and oxygen atoms in total. The Kier molecular flexibility index (Phi) is 9.10. The summed E-state index contributed by atoms with van der Waals surface area (Å²) in [6, 6.07) is 0. The van der Waals surface area contributed by atoms with Crippen LogP contribution in [0, 0.1) is 17.3 Å². The fraction of sp³-hybridized carbons (Fsp3) is 0.800. The fourth-order valence-corrected chi connectivity index (χ4v) is 10.2. The van der Waals surface area contributed by atoms with E-state index in [0.717, 1.165) is 19.3 Å². The van der Waals surface area contributed by atoms with E-state index >= 15 is 0 Å². The summed E-state index contributed by atoms with van der Waals surface area (Å²) in [5.74, 6) is -2.46. The largest absolute Gasteiger partial charge is 0.478 e. The molecule has 1 fully saturated rings. The molecule has 1 atom stereocenters. The van der Waals surface area contributed by atoms with E-state index in [-0.39, 0.29) is 23.0 Å². The fourth-order valence-electron chi connectivity index (χ4n) is 4.37. The van der Waals surface area contributed by atoms with Gasteiger partial charge in [0.2, 0.25) is 0 Å². The number of rotatable bonds is 10. The third-order valence-corrected chi connectivity index (χ3v) is 10.7. The van der Waals surface area contributed by atoms with Gasteiger partial charge in [-0.1, -0.05) is 47.0 Å². The zero-order valence-corrected chi connectivity index (χ0v) is 23.8. The molecule has 2 N–H and O–H groups in total. The van der Waals surface area contributed by atoms with Crippen molar-refractivity contribution >= 4 is 40.5 Å². The van der Waals surface area contributed by atoms with Gasteiger partial charge in [0.25, 0.3) is 0 Å². The molecule has 9 heteroatoms. The van der Waals surface area contributed by atoms with Gasteiger partial charge in [0.05, 0.1) is 11.1 Å². The van der Waals surface area contributed by atoms with Gasteiger partial charge in [0.15, 0.2) is 18.1 Å². The lowest BCUT2D eigenvalue weighted by molar-refractivity contribution is -0.139. The Morgan fingerprint density at radius 3 is 1.93 bits per heavy atom. The van der Waals surface area contributed by atoms with E-state index in [0.29, 0.717) is 23.3 Å². The summed E-state index contributed by atoms with van der Waals surface area (Å²) in [6.07, 6.45) is 4.36. The Balaban J connectivity index is 3.99. The zero-order chi connectivity index (χ0) is 22.6. The predicted molar refractivity (Wildman–Crippen MR) is 124 cm³/mol. The van der Waals surface area contributed by atoms with Gasteiger partial charge >= 0.3 is 11.9 Å². The minimum absolute atomic E-state index is 0.0412. The summed E-state index contributed by atoms with van der Waals surface area (Å²) in [6.45, 7) is 14.2. The van der Waals surface area contributed by atoms with Crippen LogP contribution in [0.5, 0.6) is 0 Å². The quantitative estimate of drug-likeness (QED) is 0.384. The second-order valence-corrected chi connectivity index (χ2v) is 18.1. The van der Waals surface area contributed by atoms with Crippen LogP contribution in [0.1, 0.15) is 59.8 Å². The highest BCUT2D eigenvalue weighted by atomic mass is 28.4. The van der Waals surface area contributed by atoms with Crippen molar-refractivity contribution in [1.29, 1.82) is 0 Å². The second-order valence-electron chi connectivity index (χ2n) is 10.1. The molecule has 168 valence electrons. The summed E-state index contributed by atoms with van der Waals surface area (Å²) >= 11 is 0. The van der Waals surface area contributed by atoms with Gasteiger partial charge in [0, 0.05) is 0 Å². The van der Waals surface area contributed by atoms with Gasteiger partial charge in [-0.15, -0.1) is 0 Å². The number of hydrogen-bond acceptors (Lipinski definition) is 4. The smallest absolute Gasteiger partial charge is 0.334 e. The molecule has 1 unspecified atom stereocenters. The summed E-state index contributed by atoms with van der Waals surface area (Å²) in [4.78, 5) is 25.2. The number of carbonyl (C=O) groups is 2. The van der Waals surface area contributed by atoms with E-state index in [1.54, 1.807) is 0 Å². The summed E-state index contributed by atoms with van der Waals surface area (Å²) < 4.78 is 12.6. The van der Waals surface area contributed by atoms with E-state index in [2.05, 4.69) is 0 Å². The zero-order valence-electron chi connectivity index (χ0n) is 19.4. The molecule has 0 aromatic carbocycles. The van der Waals surface area contributed by atoms with Crippen LogP contribution in [0.2, 0.25) is 19.6 Å². The van der Waals surface area contributed by atoms with Crippen LogP contribution in [0.25, 0.3) is 0 Å². The maximum atomic E-state index is 12.8. The number of carboxylic acid groups (broad SMARTS) is 2. The maximum absolute atomic E-state index is 12.8. The Bertz CT molecular complexity index is 633. The number of carboxylic acids is 2. The summed E-state index contributed by atoms with van der Waals surface area (Å²) in [7, 11) is -3.30. The number of hydrogen-bond donors (Lipinski definition) is 2. The molecule has 1 aliphatic rings. The molecule has 1 rings (SSSR count). The topological polar surface area (TPSA) is 93.1 Å². The summed E-state index contributed by atoms with van der Waals surface area (Å²) in [5, 5.41) is 19.4. The molecule has 0 spiro atoms. The highest BCUT2D eigenvalue weighted by molar-refractivity contribution is 6.70. The monoisotopic (exact) mass is 460 g/mol. The second kappa shape index (κ2) is 10.0. The van der Waals surface area contributed by atoms with Crippen molar-refractivity contribution in [2.45, 2.75) is 84.7 Å². The van der Waals surface area contributed by atoms with Gasteiger partial charge in [-0.3, -0.25) is 0 Å². The molecule has 0 aromatic rings. The van der Waals surface area contributed by atoms with Gasteiger partial charge in [-0.05, 0) is 49.7 Å². The van der Waals surface area contributed by atoms with E-state index in [9.17, 15) is 19.8 Å². The first-order valence-corrected chi connectivity index (χ1v) is 16.1. The van der Waals surface area contributed by atoms with Crippen molar-refractivity contribution in [3.05, 3.63) is 11.1 Å². The van der Waals surface area contributed by atoms with E-state index in [1.807, 2.05) is 47.3 Å². The lowest BCUT2D eigenvalue weighted by Crippen LogP contribution is -2.62. The Morgan fingerprint density at radius 1 is 1.07 bits per heavy atom. The van der Waals surface area contributed by atoms with Crippen LogP contribution in [-0.2, 0) is 18.1 Å². The first-order valence-electron chi connectivity index (χ1n) is 10.6.